The number of amides is 2. The maximum Gasteiger partial charge on any atom is 0.274 e. The van der Waals surface area contributed by atoms with Crippen molar-refractivity contribution in [2.24, 2.45) is 12.8 Å². The van der Waals surface area contributed by atoms with Gasteiger partial charge in [0.25, 0.3) is 5.91 Å². The number of nitrogens with two attached hydrogens (primary N) is 1. The number of nitrogens with zero attached hydrogens (tertiary/aromatic N) is 4. The summed E-state index contributed by atoms with van der Waals surface area (Å²) in [5.74, 6) is -0.659. The Hall–Kier alpha value is -2.74. The van der Waals surface area contributed by atoms with Gasteiger partial charge in [-0.1, -0.05) is 0 Å². The number of morpholine rings is 1. The molecule has 0 bridgehead atoms. The number of carbonyl (C=O) groups is 2. The molecule has 0 aliphatic carbocycles. The molecule has 1 atom stereocenters. The van der Waals surface area contributed by atoms with Crippen molar-refractivity contribution in [3.05, 3.63) is 47.5 Å². The lowest BCUT2D eigenvalue weighted by Gasteiger charge is -2.32. The summed E-state index contributed by atoms with van der Waals surface area (Å²) in [5, 5.41) is 4.13. The number of primary amides is 1. The van der Waals surface area contributed by atoms with Crippen LogP contribution in [0.25, 0.3) is 0 Å². The lowest BCUT2D eigenvalue weighted by atomic mass is 10.1. The summed E-state index contributed by atoms with van der Waals surface area (Å²) in [6.45, 7) is 1.31. The maximum atomic E-state index is 12.4. The number of carbonyl (C=O) groups excluding carboxylic acids is 2. The van der Waals surface area contributed by atoms with Crippen molar-refractivity contribution in [2.45, 2.75) is 6.10 Å². The first-order valence-corrected chi connectivity index (χ1v) is 7.21. The highest BCUT2D eigenvalue weighted by molar-refractivity contribution is 5.92. The van der Waals surface area contributed by atoms with Gasteiger partial charge in [-0.3, -0.25) is 19.3 Å². The molecule has 3 heterocycles. The third-order valence-corrected chi connectivity index (χ3v) is 3.69. The van der Waals surface area contributed by atoms with E-state index < -0.39 is 5.91 Å². The van der Waals surface area contributed by atoms with Crippen LogP contribution in [0.3, 0.4) is 0 Å². The molecule has 8 nitrogen and oxygen atoms in total. The van der Waals surface area contributed by atoms with Crippen LogP contribution in [0.2, 0.25) is 0 Å². The van der Waals surface area contributed by atoms with Crippen LogP contribution in [-0.4, -0.2) is 51.2 Å². The van der Waals surface area contributed by atoms with Crippen LogP contribution in [0.15, 0.2) is 30.6 Å². The van der Waals surface area contributed by atoms with E-state index in [-0.39, 0.29) is 12.0 Å². The third kappa shape index (κ3) is 3.21. The zero-order chi connectivity index (χ0) is 16.4. The molecular weight excluding hydrogens is 298 g/mol. The number of aryl methyl sites for hydroxylation is 1. The van der Waals surface area contributed by atoms with Crippen molar-refractivity contribution in [3.63, 3.8) is 0 Å². The molecule has 1 saturated heterocycles. The summed E-state index contributed by atoms with van der Waals surface area (Å²) < 4.78 is 7.28. The fourth-order valence-electron chi connectivity index (χ4n) is 2.45. The normalized spacial score (nSPS) is 18.0. The quantitative estimate of drug-likeness (QED) is 0.867. The van der Waals surface area contributed by atoms with Gasteiger partial charge in [-0.25, -0.2) is 0 Å². The van der Waals surface area contributed by atoms with Gasteiger partial charge in [-0.05, 0) is 18.2 Å². The molecule has 1 aliphatic rings. The van der Waals surface area contributed by atoms with E-state index in [1.54, 1.807) is 41.0 Å². The van der Waals surface area contributed by atoms with Crippen molar-refractivity contribution < 1.29 is 14.3 Å². The Kier molecular flexibility index (Phi) is 4.07. The number of pyridine rings is 1. The molecule has 2 aromatic heterocycles. The lowest BCUT2D eigenvalue weighted by Crippen LogP contribution is -2.42. The highest BCUT2D eigenvalue weighted by Gasteiger charge is 2.28. The molecule has 23 heavy (non-hydrogen) atoms. The van der Waals surface area contributed by atoms with E-state index in [4.69, 9.17) is 10.5 Å². The first-order chi connectivity index (χ1) is 11.0. The van der Waals surface area contributed by atoms with Gasteiger partial charge in [0.15, 0.2) is 0 Å². The van der Waals surface area contributed by atoms with Crippen LogP contribution < -0.4 is 5.73 Å². The predicted molar refractivity (Wildman–Crippen MR) is 80.6 cm³/mol. The second kappa shape index (κ2) is 6.17. The highest BCUT2D eigenvalue weighted by atomic mass is 16.5. The minimum atomic E-state index is -0.527. The molecule has 0 unspecified atom stereocenters. The fraction of sp³-hybridized carbons (Fsp3) is 0.333. The number of ether oxygens (including phenoxy) is 1. The number of hydrogen-bond acceptors (Lipinski definition) is 5. The minimum Gasteiger partial charge on any atom is -0.368 e. The van der Waals surface area contributed by atoms with Crippen LogP contribution in [0.1, 0.15) is 32.6 Å². The summed E-state index contributed by atoms with van der Waals surface area (Å²) in [6, 6.07) is 4.99. The van der Waals surface area contributed by atoms with E-state index in [1.807, 2.05) is 0 Å². The molecule has 8 heteroatoms. The average Bonchev–Trinajstić information content (AvgIpc) is 3.01. The Balaban J connectivity index is 1.72. The molecule has 1 fully saturated rings. The second-order valence-electron chi connectivity index (χ2n) is 5.32. The topological polar surface area (TPSA) is 103 Å². The first kappa shape index (κ1) is 15.2. The Morgan fingerprint density at radius 1 is 1.35 bits per heavy atom. The molecule has 0 saturated carbocycles. The molecule has 0 spiro atoms. The largest absolute Gasteiger partial charge is 0.368 e. The molecule has 2 N–H and O–H groups in total. The van der Waals surface area contributed by atoms with Gasteiger partial charge in [-0.15, -0.1) is 0 Å². The van der Waals surface area contributed by atoms with E-state index in [9.17, 15) is 9.59 Å². The molecule has 120 valence electrons. The van der Waals surface area contributed by atoms with E-state index in [2.05, 4.69) is 10.1 Å². The molecule has 0 radical (unpaired) electrons. The van der Waals surface area contributed by atoms with Crippen LogP contribution in [-0.2, 0) is 11.8 Å². The monoisotopic (exact) mass is 315 g/mol. The Morgan fingerprint density at radius 3 is 2.78 bits per heavy atom. The van der Waals surface area contributed by atoms with Gasteiger partial charge in [0.1, 0.15) is 11.8 Å². The molecule has 3 rings (SSSR count). The summed E-state index contributed by atoms with van der Waals surface area (Å²) in [4.78, 5) is 29.4. The number of aromatic nitrogens is 3. The Morgan fingerprint density at radius 2 is 2.17 bits per heavy atom. The van der Waals surface area contributed by atoms with Crippen molar-refractivity contribution >= 4 is 11.8 Å². The fourth-order valence-corrected chi connectivity index (χ4v) is 2.45. The molecular formula is C15H17N5O3. The van der Waals surface area contributed by atoms with E-state index in [0.717, 1.165) is 0 Å². The van der Waals surface area contributed by atoms with Gasteiger partial charge >= 0.3 is 0 Å². The first-order valence-electron chi connectivity index (χ1n) is 7.21. The van der Waals surface area contributed by atoms with Crippen molar-refractivity contribution in [3.8, 4) is 0 Å². The van der Waals surface area contributed by atoms with E-state index in [0.29, 0.717) is 36.6 Å². The zero-order valence-corrected chi connectivity index (χ0v) is 12.7. The minimum absolute atomic E-state index is 0.132. The van der Waals surface area contributed by atoms with Crippen molar-refractivity contribution in [1.29, 1.82) is 0 Å². The SMILES string of the molecule is Cn1ccc(C(=O)N2CCO[C@H](c3ccc(C(N)=O)cn3)C2)n1. The third-order valence-electron chi connectivity index (χ3n) is 3.69. The van der Waals surface area contributed by atoms with Gasteiger partial charge in [-0.2, -0.15) is 5.10 Å². The van der Waals surface area contributed by atoms with E-state index >= 15 is 0 Å². The van der Waals surface area contributed by atoms with Gasteiger partial charge in [0, 0.05) is 26.0 Å². The Labute approximate surface area is 132 Å². The number of rotatable bonds is 3. The lowest BCUT2D eigenvalue weighted by molar-refractivity contribution is -0.0249. The molecule has 2 amide bonds. The Bertz CT molecular complexity index is 725. The maximum absolute atomic E-state index is 12.4. The van der Waals surface area contributed by atoms with E-state index in [1.165, 1.54) is 6.20 Å². The van der Waals surface area contributed by atoms with Gasteiger partial charge in [0.2, 0.25) is 5.91 Å². The van der Waals surface area contributed by atoms with Crippen molar-refractivity contribution in [1.82, 2.24) is 19.7 Å². The molecule has 1 aliphatic heterocycles. The number of hydrogen-bond donors (Lipinski definition) is 1. The zero-order valence-electron chi connectivity index (χ0n) is 12.7. The summed E-state index contributed by atoms with van der Waals surface area (Å²) in [7, 11) is 1.77. The average molecular weight is 315 g/mol. The summed E-state index contributed by atoms with van der Waals surface area (Å²) in [5.41, 5.74) is 6.61. The summed E-state index contributed by atoms with van der Waals surface area (Å²) >= 11 is 0. The predicted octanol–water partition coefficient (Wildman–Crippen LogP) is 0.128. The highest BCUT2D eigenvalue weighted by Crippen LogP contribution is 2.21. The standard InChI is InChI=1S/C15H17N5O3/c1-19-5-4-12(18-19)15(22)20-6-7-23-13(9-20)11-3-2-10(8-17-11)14(16)21/h2-5,8,13H,6-7,9H2,1H3,(H2,16,21)/t13-/m0/s1. The van der Waals surface area contributed by atoms with Gasteiger partial charge < -0.3 is 15.4 Å². The van der Waals surface area contributed by atoms with Crippen LogP contribution in [0, 0.1) is 0 Å². The van der Waals surface area contributed by atoms with Crippen LogP contribution >= 0.6 is 0 Å². The van der Waals surface area contributed by atoms with Gasteiger partial charge in [0.05, 0.1) is 24.4 Å². The van der Waals surface area contributed by atoms with Crippen molar-refractivity contribution in [2.75, 3.05) is 19.7 Å². The smallest absolute Gasteiger partial charge is 0.274 e. The van der Waals surface area contributed by atoms with Crippen LogP contribution in [0.5, 0.6) is 0 Å². The molecule has 2 aromatic rings. The van der Waals surface area contributed by atoms with Crippen LogP contribution in [0.4, 0.5) is 0 Å². The second-order valence-corrected chi connectivity index (χ2v) is 5.32. The summed E-state index contributed by atoms with van der Waals surface area (Å²) in [6.07, 6.45) is 2.81. The molecule has 0 aromatic carbocycles.